The molecule has 1 aliphatic heterocycles. The Kier molecular flexibility index (Phi) is 8.43. The Morgan fingerprint density at radius 3 is 2.59 bits per heavy atom. The number of nitrogens with zero attached hydrogens (tertiary/aromatic N) is 2. The molecule has 0 bridgehead atoms. The highest BCUT2D eigenvalue weighted by Crippen LogP contribution is 2.23. The molecule has 3 N–H and O–H groups in total. The summed E-state index contributed by atoms with van der Waals surface area (Å²) < 4.78 is 0. The standard InChI is InChI=1S/C21H35N5O/c1-5-22-21(24-12-11-23-20(27)16(2)3)25-17(4)18-9-8-10-19(15-18)26-13-6-7-14-26/h8-10,15-17H,5-7,11-14H2,1-4H3,(H,23,27)(H2,22,24,25). The van der Waals surface area contributed by atoms with Crippen molar-refractivity contribution in [3.8, 4) is 0 Å². The van der Waals surface area contributed by atoms with E-state index in [0.29, 0.717) is 13.1 Å². The minimum absolute atomic E-state index is 0.00301. The van der Waals surface area contributed by atoms with Gasteiger partial charge in [0.25, 0.3) is 0 Å². The van der Waals surface area contributed by atoms with E-state index >= 15 is 0 Å². The van der Waals surface area contributed by atoms with Crippen molar-refractivity contribution in [3.05, 3.63) is 29.8 Å². The van der Waals surface area contributed by atoms with E-state index in [1.54, 1.807) is 0 Å². The Bertz CT molecular complexity index is 623. The second kappa shape index (κ2) is 10.8. The summed E-state index contributed by atoms with van der Waals surface area (Å²) >= 11 is 0. The molecule has 2 rings (SSSR count). The van der Waals surface area contributed by atoms with E-state index in [4.69, 9.17) is 0 Å². The molecule has 0 spiro atoms. The van der Waals surface area contributed by atoms with Crippen molar-refractivity contribution in [1.29, 1.82) is 0 Å². The molecule has 1 amide bonds. The fourth-order valence-corrected chi connectivity index (χ4v) is 3.13. The van der Waals surface area contributed by atoms with Crippen molar-refractivity contribution in [2.24, 2.45) is 10.9 Å². The zero-order valence-electron chi connectivity index (χ0n) is 17.2. The molecule has 1 aromatic carbocycles. The van der Waals surface area contributed by atoms with Crippen LogP contribution in [0.4, 0.5) is 5.69 Å². The van der Waals surface area contributed by atoms with Crippen LogP contribution in [-0.2, 0) is 4.79 Å². The van der Waals surface area contributed by atoms with Gasteiger partial charge in [0, 0.05) is 37.8 Å². The number of hydrogen-bond acceptors (Lipinski definition) is 3. The number of hydrogen-bond donors (Lipinski definition) is 3. The number of amides is 1. The lowest BCUT2D eigenvalue weighted by Gasteiger charge is -2.22. The molecule has 0 radical (unpaired) electrons. The second-order valence-electron chi connectivity index (χ2n) is 7.36. The van der Waals surface area contributed by atoms with Crippen molar-refractivity contribution in [2.75, 3.05) is 37.6 Å². The maximum absolute atomic E-state index is 11.6. The molecule has 0 aliphatic carbocycles. The Morgan fingerprint density at radius 1 is 1.19 bits per heavy atom. The van der Waals surface area contributed by atoms with Gasteiger partial charge in [0.15, 0.2) is 5.96 Å². The lowest BCUT2D eigenvalue weighted by molar-refractivity contribution is -0.123. The first-order valence-electron chi connectivity index (χ1n) is 10.2. The highest BCUT2D eigenvalue weighted by atomic mass is 16.1. The zero-order valence-corrected chi connectivity index (χ0v) is 17.2. The predicted octanol–water partition coefficient (Wildman–Crippen LogP) is 2.68. The third-order valence-electron chi connectivity index (χ3n) is 4.74. The fourth-order valence-electron chi connectivity index (χ4n) is 3.13. The first-order chi connectivity index (χ1) is 13.0. The third-order valence-corrected chi connectivity index (χ3v) is 4.74. The Balaban J connectivity index is 1.93. The first-order valence-corrected chi connectivity index (χ1v) is 10.2. The summed E-state index contributed by atoms with van der Waals surface area (Å²) in [5.41, 5.74) is 2.55. The van der Waals surface area contributed by atoms with Crippen LogP contribution in [0.5, 0.6) is 0 Å². The highest BCUT2D eigenvalue weighted by Gasteiger charge is 2.14. The number of guanidine groups is 1. The van der Waals surface area contributed by atoms with E-state index in [-0.39, 0.29) is 17.9 Å². The molecule has 27 heavy (non-hydrogen) atoms. The largest absolute Gasteiger partial charge is 0.372 e. The molecule has 0 aromatic heterocycles. The molecule has 1 aliphatic rings. The Labute approximate surface area is 163 Å². The molecule has 1 aromatic rings. The van der Waals surface area contributed by atoms with E-state index in [9.17, 15) is 4.79 Å². The molecule has 150 valence electrons. The minimum atomic E-state index is 0.00301. The third kappa shape index (κ3) is 6.77. The number of carbonyl (C=O) groups excluding carboxylic acids is 1. The fraction of sp³-hybridized carbons (Fsp3) is 0.619. The molecule has 6 nitrogen and oxygen atoms in total. The van der Waals surface area contributed by atoms with Gasteiger partial charge < -0.3 is 20.9 Å². The van der Waals surface area contributed by atoms with Crippen molar-refractivity contribution in [1.82, 2.24) is 16.0 Å². The van der Waals surface area contributed by atoms with E-state index in [2.05, 4.69) is 64.0 Å². The van der Waals surface area contributed by atoms with Gasteiger partial charge in [0.2, 0.25) is 5.91 Å². The molecule has 1 heterocycles. The monoisotopic (exact) mass is 373 g/mol. The van der Waals surface area contributed by atoms with Gasteiger partial charge in [-0.15, -0.1) is 0 Å². The molecular formula is C21H35N5O. The number of anilines is 1. The Morgan fingerprint density at radius 2 is 1.93 bits per heavy atom. The zero-order chi connectivity index (χ0) is 19.6. The summed E-state index contributed by atoms with van der Waals surface area (Å²) in [7, 11) is 0. The van der Waals surface area contributed by atoms with E-state index in [1.807, 2.05) is 13.8 Å². The number of rotatable bonds is 8. The molecule has 1 unspecified atom stereocenters. The predicted molar refractivity (Wildman–Crippen MR) is 113 cm³/mol. The van der Waals surface area contributed by atoms with Gasteiger partial charge in [-0.2, -0.15) is 0 Å². The summed E-state index contributed by atoms with van der Waals surface area (Å²) in [5, 5.41) is 9.65. The van der Waals surface area contributed by atoms with Crippen molar-refractivity contribution < 1.29 is 4.79 Å². The van der Waals surface area contributed by atoms with Crippen LogP contribution in [0.1, 0.15) is 52.1 Å². The van der Waals surface area contributed by atoms with Crippen LogP contribution >= 0.6 is 0 Å². The number of aliphatic imine (C=N–C) groups is 1. The minimum Gasteiger partial charge on any atom is -0.372 e. The highest BCUT2D eigenvalue weighted by molar-refractivity contribution is 5.80. The summed E-state index contributed by atoms with van der Waals surface area (Å²) in [6.45, 7) is 12.2. The number of nitrogens with one attached hydrogen (secondary N) is 3. The normalized spacial score (nSPS) is 15.7. The van der Waals surface area contributed by atoms with Crippen LogP contribution in [0.3, 0.4) is 0 Å². The van der Waals surface area contributed by atoms with Gasteiger partial charge in [-0.25, -0.2) is 0 Å². The Hall–Kier alpha value is -2.24. The summed E-state index contributed by atoms with van der Waals surface area (Å²) in [6.07, 6.45) is 2.56. The van der Waals surface area contributed by atoms with Gasteiger partial charge in [-0.1, -0.05) is 26.0 Å². The van der Waals surface area contributed by atoms with Gasteiger partial charge in [-0.05, 0) is 44.4 Å². The summed E-state index contributed by atoms with van der Waals surface area (Å²) in [6, 6.07) is 8.90. The molecular weight excluding hydrogens is 338 g/mol. The van der Waals surface area contributed by atoms with Gasteiger partial charge in [-0.3, -0.25) is 9.79 Å². The lowest BCUT2D eigenvalue weighted by Crippen LogP contribution is -2.39. The number of benzene rings is 1. The molecule has 1 saturated heterocycles. The van der Waals surface area contributed by atoms with Gasteiger partial charge >= 0.3 is 0 Å². The average Bonchev–Trinajstić information content (AvgIpc) is 3.20. The SMILES string of the molecule is CCNC(=NCCNC(=O)C(C)C)NC(C)c1cccc(N2CCCC2)c1. The van der Waals surface area contributed by atoms with Crippen molar-refractivity contribution in [3.63, 3.8) is 0 Å². The van der Waals surface area contributed by atoms with Crippen LogP contribution in [0.25, 0.3) is 0 Å². The lowest BCUT2D eigenvalue weighted by atomic mass is 10.1. The topological polar surface area (TPSA) is 68.8 Å². The van der Waals surface area contributed by atoms with E-state index < -0.39 is 0 Å². The molecule has 1 atom stereocenters. The number of carbonyl (C=O) groups is 1. The van der Waals surface area contributed by atoms with Crippen LogP contribution in [-0.4, -0.2) is 44.6 Å². The van der Waals surface area contributed by atoms with Crippen LogP contribution < -0.4 is 20.9 Å². The van der Waals surface area contributed by atoms with Crippen LogP contribution in [0.15, 0.2) is 29.3 Å². The van der Waals surface area contributed by atoms with Crippen molar-refractivity contribution in [2.45, 2.75) is 46.6 Å². The molecule has 6 heteroatoms. The molecule has 1 fully saturated rings. The average molecular weight is 374 g/mol. The van der Waals surface area contributed by atoms with Crippen LogP contribution in [0, 0.1) is 5.92 Å². The summed E-state index contributed by atoms with van der Waals surface area (Å²) in [5.74, 6) is 0.842. The van der Waals surface area contributed by atoms with E-state index in [1.165, 1.54) is 24.1 Å². The van der Waals surface area contributed by atoms with Gasteiger partial charge in [0.05, 0.1) is 12.6 Å². The molecule has 0 saturated carbocycles. The second-order valence-corrected chi connectivity index (χ2v) is 7.36. The quantitative estimate of drug-likeness (QED) is 0.372. The maximum Gasteiger partial charge on any atom is 0.222 e. The van der Waals surface area contributed by atoms with E-state index in [0.717, 1.165) is 25.6 Å². The van der Waals surface area contributed by atoms with Crippen LogP contribution in [0.2, 0.25) is 0 Å². The maximum atomic E-state index is 11.6. The first kappa shape index (κ1) is 21.1. The smallest absolute Gasteiger partial charge is 0.222 e. The van der Waals surface area contributed by atoms with Gasteiger partial charge in [0.1, 0.15) is 0 Å². The van der Waals surface area contributed by atoms with Crippen molar-refractivity contribution >= 4 is 17.6 Å². The summed E-state index contributed by atoms with van der Waals surface area (Å²) in [4.78, 5) is 18.7.